The molecule has 0 bridgehead atoms. The summed E-state index contributed by atoms with van der Waals surface area (Å²) in [6, 6.07) is 20.0. The molecule has 0 heterocycles. The van der Waals surface area contributed by atoms with E-state index < -0.39 is 6.36 Å². The summed E-state index contributed by atoms with van der Waals surface area (Å²) in [5, 5.41) is 4.22. The van der Waals surface area contributed by atoms with Crippen LogP contribution in [0.5, 0.6) is 11.5 Å². The highest BCUT2D eigenvalue weighted by Gasteiger charge is 2.31. The number of aryl methyl sites for hydroxylation is 1. The molecule has 0 aromatic heterocycles. The van der Waals surface area contributed by atoms with Crippen LogP contribution in [0.25, 0.3) is 0 Å². The maximum atomic E-state index is 12.4. The Balaban J connectivity index is 1.30. The van der Waals surface area contributed by atoms with Gasteiger partial charge < -0.3 is 9.57 Å². The highest BCUT2D eigenvalue weighted by molar-refractivity contribution is 7.80. The van der Waals surface area contributed by atoms with Crippen LogP contribution in [-0.4, -0.2) is 29.7 Å². The topological polar surface area (TPSA) is 43.2 Å². The number of fused-ring (bicyclic) bond motifs is 1. The summed E-state index contributed by atoms with van der Waals surface area (Å²) in [5.41, 5.74) is 5.68. The van der Waals surface area contributed by atoms with E-state index in [0.29, 0.717) is 36.8 Å². The van der Waals surface area contributed by atoms with Gasteiger partial charge in [-0.25, -0.2) is 0 Å². The van der Waals surface area contributed by atoms with Gasteiger partial charge in [0.05, 0.1) is 12.3 Å². The van der Waals surface area contributed by atoms with E-state index >= 15 is 0 Å². The van der Waals surface area contributed by atoms with E-state index in [1.807, 2.05) is 18.2 Å². The quantitative estimate of drug-likeness (QED) is 0.166. The molecule has 0 fully saturated rings. The average molecular weight is 525 g/mol. The van der Waals surface area contributed by atoms with Crippen molar-refractivity contribution in [2.45, 2.75) is 45.4 Å². The maximum Gasteiger partial charge on any atom is 0.573 e. The number of rotatable bonds is 9. The van der Waals surface area contributed by atoms with Gasteiger partial charge in [0.2, 0.25) is 0 Å². The molecule has 0 aliphatic heterocycles. The molecule has 1 aliphatic rings. The van der Waals surface area contributed by atoms with Gasteiger partial charge in [0.1, 0.15) is 5.75 Å². The Morgan fingerprint density at radius 3 is 2.46 bits per heavy atom. The smallest absolute Gasteiger partial charge is 0.406 e. The third kappa shape index (κ3) is 7.49. The summed E-state index contributed by atoms with van der Waals surface area (Å²) in [7, 11) is 0. The van der Waals surface area contributed by atoms with Gasteiger partial charge in [0.15, 0.2) is 5.75 Å². The zero-order chi connectivity index (χ0) is 26.4. The molecule has 0 amide bonds. The van der Waals surface area contributed by atoms with Gasteiger partial charge in [-0.2, -0.15) is 0 Å². The van der Waals surface area contributed by atoms with Gasteiger partial charge in [-0.15, -0.1) is 13.2 Å². The molecule has 0 unspecified atom stereocenters. The van der Waals surface area contributed by atoms with E-state index in [9.17, 15) is 13.2 Å². The molecule has 3 aromatic rings. The zero-order valence-corrected chi connectivity index (χ0v) is 21.4. The van der Waals surface area contributed by atoms with Crippen molar-refractivity contribution in [1.82, 2.24) is 0 Å². The molecule has 0 atom stereocenters. The highest BCUT2D eigenvalue weighted by Crippen LogP contribution is 2.30. The van der Waals surface area contributed by atoms with E-state index in [0.717, 1.165) is 28.0 Å². The third-order valence-electron chi connectivity index (χ3n) is 5.97. The fourth-order valence-corrected chi connectivity index (χ4v) is 4.47. The average Bonchev–Trinajstić information content (AvgIpc) is 3.25. The Hall–Kier alpha value is -3.52. The number of thiocarbonyl (C=S) groups is 1. The summed E-state index contributed by atoms with van der Waals surface area (Å²) in [4.78, 5) is 10.9. The fourth-order valence-electron chi connectivity index (χ4n) is 4.24. The number of hydrogen-bond donors (Lipinski definition) is 0. The lowest BCUT2D eigenvalue weighted by atomic mass is 9.94. The lowest BCUT2D eigenvalue weighted by Gasteiger charge is -2.12. The van der Waals surface area contributed by atoms with E-state index in [4.69, 9.17) is 17.1 Å². The summed E-state index contributed by atoms with van der Waals surface area (Å²) in [5.74, 6) is 0.769. The van der Waals surface area contributed by atoms with E-state index in [-0.39, 0.29) is 5.75 Å². The number of benzene rings is 3. The van der Waals surface area contributed by atoms with Crippen LogP contribution in [-0.2, 0) is 12.8 Å². The van der Waals surface area contributed by atoms with Crippen LogP contribution in [0, 0.1) is 0 Å². The highest BCUT2D eigenvalue weighted by atomic mass is 32.1. The van der Waals surface area contributed by atoms with Crippen molar-refractivity contribution < 1.29 is 22.7 Å². The van der Waals surface area contributed by atoms with Crippen molar-refractivity contribution in [3.63, 3.8) is 0 Å². The lowest BCUT2D eigenvalue weighted by molar-refractivity contribution is -0.274. The van der Waals surface area contributed by atoms with Crippen LogP contribution in [0.15, 0.2) is 76.9 Å². The molecule has 0 saturated heterocycles. The second kappa shape index (κ2) is 11.7. The Kier molecular flexibility index (Phi) is 8.38. The largest absolute Gasteiger partial charge is 0.573 e. The van der Waals surface area contributed by atoms with Crippen molar-refractivity contribution in [2.75, 3.05) is 6.54 Å². The Morgan fingerprint density at radius 2 is 1.73 bits per heavy atom. The van der Waals surface area contributed by atoms with Gasteiger partial charge >= 0.3 is 6.36 Å². The lowest BCUT2D eigenvalue weighted by Crippen LogP contribution is -2.17. The molecule has 4 rings (SSSR count). The SMILES string of the molecule is CC(C)c1ccccc1CC(=S)CN=Cc1ccc(O/N=C2\CCc3cc(OC(F)(F)F)ccc32)cc1. The molecule has 37 heavy (non-hydrogen) atoms. The number of aliphatic imine (C=N–C) groups is 1. The van der Waals surface area contributed by atoms with Gasteiger partial charge in [-0.3, -0.25) is 4.99 Å². The molecule has 3 aromatic carbocycles. The van der Waals surface area contributed by atoms with E-state index in [1.54, 1.807) is 24.4 Å². The Morgan fingerprint density at radius 1 is 1.00 bits per heavy atom. The number of oxime groups is 1. The van der Waals surface area contributed by atoms with Crippen molar-refractivity contribution in [1.29, 1.82) is 0 Å². The molecule has 192 valence electrons. The standard InChI is InChI=1S/C29H27F3N2O2S/c1-19(2)26-6-4-3-5-21(26)16-25(37)18-33-17-20-7-10-23(11-8-20)36-34-28-14-9-22-15-24(12-13-27(22)28)35-29(30,31)32/h3-8,10-13,15,17,19H,9,14,16,18H2,1-2H3/b33-17?,34-28+. The van der Waals surface area contributed by atoms with Crippen LogP contribution >= 0.6 is 12.2 Å². The number of halogens is 3. The Labute approximate surface area is 219 Å². The van der Waals surface area contributed by atoms with Crippen LogP contribution in [0.3, 0.4) is 0 Å². The van der Waals surface area contributed by atoms with Gasteiger partial charge in [-0.05, 0) is 83.5 Å². The second-order valence-electron chi connectivity index (χ2n) is 9.10. The summed E-state index contributed by atoms with van der Waals surface area (Å²) in [6.45, 7) is 4.83. The zero-order valence-electron chi connectivity index (χ0n) is 20.6. The molecule has 0 spiro atoms. The Bertz CT molecular complexity index is 1320. The number of hydrogen-bond acceptors (Lipinski definition) is 5. The summed E-state index contributed by atoms with van der Waals surface area (Å²) in [6.07, 6.45) is -1.04. The van der Waals surface area contributed by atoms with E-state index in [2.05, 4.69) is 46.9 Å². The maximum absolute atomic E-state index is 12.4. The molecule has 0 saturated carbocycles. The molecule has 8 heteroatoms. The molecular weight excluding hydrogens is 497 g/mol. The molecule has 0 N–H and O–H groups in total. The first-order valence-electron chi connectivity index (χ1n) is 12.0. The number of nitrogens with zero attached hydrogens (tertiary/aromatic N) is 2. The minimum atomic E-state index is -4.71. The van der Waals surface area contributed by atoms with Crippen molar-refractivity contribution in [3.05, 3.63) is 94.5 Å². The van der Waals surface area contributed by atoms with Crippen molar-refractivity contribution in [2.24, 2.45) is 10.1 Å². The second-order valence-corrected chi connectivity index (χ2v) is 9.68. The fraction of sp³-hybridized carbons (Fsp3) is 0.276. The van der Waals surface area contributed by atoms with Crippen LogP contribution in [0.1, 0.15) is 54.0 Å². The van der Waals surface area contributed by atoms with Gasteiger partial charge in [0.25, 0.3) is 0 Å². The minimum Gasteiger partial charge on any atom is -0.406 e. The van der Waals surface area contributed by atoms with Crippen molar-refractivity contribution >= 4 is 29.0 Å². The van der Waals surface area contributed by atoms with Crippen LogP contribution in [0.4, 0.5) is 13.2 Å². The first kappa shape index (κ1) is 26.5. The minimum absolute atomic E-state index is 0.230. The first-order chi connectivity index (χ1) is 17.7. The third-order valence-corrected chi connectivity index (χ3v) is 6.24. The summed E-state index contributed by atoms with van der Waals surface area (Å²) < 4.78 is 41.3. The van der Waals surface area contributed by atoms with Crippen molar-refractivity contribution in [3.8, 4) is 11.5 Å². The predicted octanol–water partition coefficient (Wildman–Crippen LogP) is 7.47. The predicted molar refractivity (Wildman–Crippen MR) is 144 cm³/mol. The normalized spacial score (nSPS) is 14.4. The molecular formula is C29H27F3N2O2S. The number of alkyl halides is 3. The van der Waals surface area contributed by atoms with Crippen LogP contribution in [0.2, 0.25) is 0 Å². The van der Waals surface area contributed by atoms with Gasteiger partial charge in [-0.1, -0.05) is 55.5 Å². The molecule has 4 nitrogen and oxygen atoms in total. The van der Waals surface area contributed by atoms with E-state index in [1.165, 1.54) is 23.3 Å². The molecule has 0 radical (unpaired) electrons. The monoisotopic (exact) mass is 524 g/mol. The van der Waals surface area contributed by atoms with Crippen LogP contribution < -0.4 is 9.57 Å². The number of ether oxygens (including phenoxy) is 1. The van der Waals surface area contributed by atoms with Gasteiger partial charge in [0, 0.05) is 23.1 Å². The first-order valence-corrected chi connectivity index (χ1v) is 12.4. The molecule has 1 aliphatic carbocycles. The summed E-state index contributed by atoms with van der Waals surface area (Å²) >= 11 is 5.56.